The number of fused-ring (bicyclic) bond motifs is 2. The lowest BCUT2D eigenvalue weighted by Crippen LogP contribution is -2.57. The predicted molar refractivity (Wildman–Crippen MR) is 111 cm³/mol. The topological polar surface area (TPSA) is 95.4 Å². The Kier molecular flexibility index (Phi) is 5.40. The molecule has 1 aromatic heterocycles. The van der Waals surface area contributed by atoms with Gasteiger partial charge >= 0.3 is 6.09 Å². The first-order valence-corrected chi connectivity index (χ1v) is 10.5. The maximum atomic E-state index is 13.6. The quantitative estimate of drug-likeness (QED) is 0.680. The average Bonchev–Trinajstić information content (AvgIpc) is 2.92. The van der Waals surface area contributed by atoms with E-state index in [4.69, 9.17) is 32.7 Å². The van der Waals surface area contributed by atoms with Gasteiger partial charge in [0.15, 0.2) is 10.9 Å². The van der Waals surface area contributed by atoms with Crippen molar-refractivity contribution < 1.29 is 24.2 Å². The summed E-state index contributed by atoms with van der Waals surface area (Å²) in [6.45, 7) is 5.48. The Morgan fingerprint density at radius 2 is 2.03 bits per heavy atom. The number of amides is 2. The number of anilines is 1. The van der Waals surface area contributed by atoms with E-state index in [2.05, 4.69) is 4.98 Å². The van der Waals surface area contributed by atoms with Crippen molar-refractivity contribution in [3.05, 3.63) is 15.7 Å². The van der Waals surface area contributed by atoms with Gasteiger partial charge in [-0.3, -0.25) is 4.79 Å². The summed E-state index contributed by atoms with van der Waals surface area (Å²) >= 11 is 12.7. The van der Waals surface area contributed by atoms with Gasteiger partial charge in [-0.25, -0.2) is 9.78 Å². The summed E-state index contributed by atoms with van der Waals surface area (Å²) in [7, 11) is 1.67. The maximum Gasteiger partial charge on any atom is 0.407 e. The van der Waals surface area contributed by atoms with E-state index in [9.17, 15) is 14.7 Å². The molecule has 4 rings (SSSR count). The molecular formula is C19H24Cl2N4O5. The van der Waals surface area contributed by atoms with Crippen LogP contribution in [0.3, 0.4) is 0 Å². The van der Waals surface area contributed by atoms with Crippen LogP contribution in [-0.4, -0.2) is 89.5 Å². The van der Waals surface area contributed by atoms with Gasteiger partial charge in [0.2, 0.25) is 0 Å². The maximum absolute atomic E-state index is 13.6. The third-order valence-corrected chi connectivity index (χ3v) is 7.04. The van der Waals surface area contributed by atoms with Crippen LogP contribution in [0.2, 0.25) is 10.2 Å². The summed E-state index contributed by atoms with van der Waals surface area (Å²) in [6, 6.07) is -0.421. The van der Waals surface area contributed by atoms with Crippen molar-refractivity contribution in [3.63, 3.8) is 0 Å². The molecule has 30 heavy (non-hydrogen) atoms. The number of hydrogen-bond acceptors (Lipinski definition) is 6. The smallest absolute Gasteiger partial charge is 0.407 e. The zero-order chi connectivity index (χ0) is 21.8. The van der Waals surface area contributed by atoms with Gasteiger partial charge in [0.25, 0.3) is 5.91 Å². The summed E-state index contributed by atoms with van der Waals surface area (Å²) in [4.78, 5) is 34.4. The molecule has 3 aliphatic rings. The zero-order valence-corrected chi connectivity index (χ0v) is 18.5. The van der Waals surface area contributed by atoms with Crippen LogP contribution in [0.5, 0.6) is 5.75 Å². The third-order valence-electron chi connectivity index (χ3n) is 6.32. The molecule has 4 heterocycles. The fourth-order valence-corrected chi connectivity index (χ4v) is 4.99. The van der Waals surface area contributed by atoms with Crippen LogP contribution in [0.25, 0.3) is 0 Å². The van der Waals surface area contributed by atoms with Crippen molar-refractivity contribution in [2.24, 2.45) is 0 Å². The molecule has 0 saturated carbocycles. The van der Waals surface area contributed by atoms with Gasteiger partial charge in [0.1, 0.15) is 23.0 Å². The minimum atomic E-state index is -1.02. The van der Waals surface area contributed by atoms with Crippen LogP contribution < -0.4 is 9.64 Å². The SMILES string of the molecule is COC1CCN(c2nc(Cl)c(Cl)c3c2C(=O)N2CCN(C(=O)O)C[C@@H]2CO3)C1(C)C. The van der Waals surface area contributed by atoms with Gasteiger partial charge in [-0.2, -0.15) is 0 Å². The zero-order valence-electron chi connectivity index (χ0n) is 17.0. The second kappa shape index (κ2) is 7.62. The standard InChI is InChI=1S/C19H24Cl2N4O5/c1-19(2)11(29-3)4-5-25(19)16-12-14(13(20)15(21)22-16)30-9-10-8-23(18(27)28)6-7-24(10)17(12)26/h10-11H,4-9H2,1-3H3,(H,27,28)/t10-,11?/m1/s1. The van der Waals surface area contributed by atoms with Crippen molar-refractivity contribution >= 4 is 41.0 Å². The molecule has 2 fully saturated rings. The number of carboxylic acid groups (broad SMARTS) is 1. The summed E-state index contributed by atoms with van der Waals surface area (Å²) < 4.78 is 11.6. The highest BCUT2D eigenvalue weighted by Crippen LogP contribution is 2.45. The van der Waals surface area contributed by atoms with Crippen molar-refractivity contribution in [1.29, 1.82) is 0 Å². The van der Waals surface area contributed by atoms with Crippen molar-refractivity contribution in [2.75, 3.05) is 44.8 Å². The Hall–Kier alpha value is -1.97. The molecule has 2 amide bonds. The first-order chi connectivity index (χ1) is 14.2. The van der Waals surface area contributed by atoms with Gasteiger partial charge in [0.05, 0.1) is 17.7 Å². The van der Waals surface area contributed by atoms with E-state index in [0.29, 0.717) is 12.4 Å². The van der Waals surface area contributed by atoms with Gasteiger partial charge in [-0.15, -0.1) is 0 Å². The predicted octanol–water partition coefficient (Wildman–Crippen LogP) is 2.59. The van der Waals surface area contributed by atoms with Gasteiger partial charge in [0, 0.05) is 33.3 Å². The lowest BCUT2D eigenvalue weighted by atomic mass is 9.98. The van der Waals surface area contributed by atoms with Crippen molar-refractivity contribution in [3.8, 4) is 5.75 Å². The van der Waals surface area contributed by atoms with Crippen LogP contribution in [-0.2, 0) is 4.74 Å². The summed E-state index contributed by atoms with van der Waals surface area (Å²) in [5.74, 6) is 0.329. The molecule has 1 N–H and O–H groups in total. The number of hydrogen-bond donors (Lipinski definition) is 1. The van der Waals surface area contributed by atoms with E-state index in [-0.39, 0.29) is 59.7 Å². The Balaban J connectivity index is 1.79. The number of piperazine rings is 1. The minimum Gasteiger partial charge on any atom is -0.489 e. The highest BCUT2D eigenvalue weighted by Gasteiger charge is 2.46. The molecule has 0 aromatic carbocycles. The number of ether oxygens (including phenoxy) is 2. The second-order valence-corrected chi connectivity index (χ2v) is 8.99. The molecule has 3 aliphatic heterocycles. The number of carbonyl (C=O) groups excluding carboxylic acids is 1. The molecule has 0 radical (unpaired) electrons. The van der Waals surface area contributed by atoms with Gasteiger partial charge in [-0.05, 0) is 20.3 Å². The number of halogens is 2. The fraction of sp³-hybridized carbons (Fsp3) is 0.632. The number of nitrogens with zero attached hydrogens (tertiary/aromatic N) is 4. The van der Waals surface area contributed by atoms with Crippen LogP contribution in [0, 0.1) is 0 Å². The second-order valence-electron chi connectivity index (χ2n) is 8.25. The molecule has 1 unspecified atom stereocenters. The molecular weight excluding hydrogens is 435 g/mol. The summed E-state index contributed by atoms with van der Waals surface area (Å²) in [6.07, 6.45) is -0.287. The molecule has 1 aromatic rings. The van der Waals surface area contributed by atoms with Crippen molar-refractivity contribution in [2.45, 2.75) is 38.0 Å². The Labute approximate surface area is 184 Å². The third kappa shape index (κ3) is 3.23. The molecule has 164 valence electrons. The number of rotatable bonds is 2. The van der Waals surface area contributed by atoms with E-state index < -0.39 is 17.7 Å². The Morgan fingerprint density at radius 1 is 1.30 bits per heavy atom. The van der Waals surface area contributed by atoms with Crippen LogP contribution in [0.15, 0.2) is 0 Å². The fourth-order valence-electron chi connectivity index (χ4n) is 4.64. The van der Waals surface area contributed by atoms with E-state index >= 15 is 0 Å². The van der Waals surface area contributed by atoms with Crippen molar-refractivity contribution in [1.82, 2.24) is 14.8 Å². The van der Waals surface area contributed by atoms with Gasteiger partial charge < -0.3 is 29.3 Å². The number of carbonyl (C=O) groups is 2. The normalized spacial score (nSPS) is 25.5. The van der Waals surface area contributed by atoms with Crippen LogP contribution in [0.4, 0.5) is 10.6 Å². The average molecular weight is 459 g/mol. The highest BCUT2D eigenvalue weighted by molar-refractivity contribution is 6.42. The molecule has 0 bridgehead atoms. The summed E-state index contributed by atoms with van der Waals surface area (Å²) in [5, 5.41) is 9.47. The molecule has 2 saturated heterocycles. The van der Waals surface area contributed by atoms with E-state index in [0.717, 1.165) is 6.42 Å². The Morgan fingerprint density at radius 3 is 2.67 bits per heavy atom. The number of methoxy groups -OCH3 is 1. The van der Waals surface area contributed by atoms with Crippen LogP contribution in [0.1, 0.15) is 30.6 Å². The van der Waals surface area contributed by atoms with E-state index in [1.165, 1.54) is 4.90 Å². The van der Waals surface area contributed by atoms with Gasteiger partial charge in [-0.1, -0.05) is 23.2 Å². The monoisotopic (exact) mass is 458 g/mol. The lowest BCUT2D eigenvalue weighted by molar-refractivity contribution is 0.0390. The van der Waals surface area contributed by atoms with E-state index in [1.54, 1.807) is 12.0 Å². The molecule has 0 spiro atoms. The molecule has 2 atom stereocenters. The Bertz CT molecular complexity index is 896. The molecule has 11 heteroatoms. The largest absolute Gasteiger partial charge is 0.489 e. The molecule has 0 aliphatic carbocycles. The summed E-state index contributed by atoms with van der Waals surface area (Å²) in [5.41, 5.74) is -0.166. The number of aromatic nitrogens is 1. The first-order valence-electron chi connectivity index (χ1n) is 9.77. The minimum absolute atomic E-state index is 0.0435. The van der Waals surface area contributed by atoms with E-state index in [1.807, 2.05) is 18.7 Å². The van der Waals surface area contributed by atoms with Crippen LogP contribution >= 0.6 is 23.2 Å². The first kappa shape index (κ1) is 21.3. The molecule has 9 nitrogen and oxygen atoms in total. The highest BCUT2D eigenvalue weighted by atomic mass is 35.5. The lowest BCUT2D eigenvalue weighted by Gasteiger charge is -2.39. The number of pyridine rings is 1.